The zero-order valence-electron chi connectivity index (χ0n) is 11.2. The lowest BCUT2D eigenvalue weighted by Crippen LogP contribution is -2.35. The van der Waals surface area contributed by atoms with Crippen LogP contribution in [0.15, 0.2) is 37.2 Å². The Morgan fingerprint density at radius 3 is 2.79 bits per heavy atom. The predicted octanol–water partition coefficient (Wildman–Crippen LogP) is 1.72. The van der Waals surface area contributed by atoms with Gasteiger partial charge in [0.05, 0.1) is 0 Å². The molecular formula is C15H21N3O. The van der Waals surface area contributed by atoms with Gasteiger partial charge in [0.25, 0.3) is 0 Å². The molecular weight excluding hydrogens is 238 g/mol. The molecule has 2 unspecified atom stereocenters. The molecule has 2 N–H and O–H groups in total. The molecule has 1 aromatic heterocycles. The van der Waals surface area contributed by atoms with Crippen molar-refractivity contribution in [2.24, 2.45) is 11.7 Å². The van der Waals surface area contributed by atoms with E-state index in [0.717, 1.165) is 24.8 Å². The molecule has 19 heavy (non-hydrogen) atoms. The summed E-state index contributed by atoms with van der Waals surface area (Å²) in [4.78, 5) is 18.3. The Morgan fingerprint density at radius 1 is 1.47 bits per heavy atom. The quantitative estimate of drug-likeness (QED) is 0.819. The Morgan fingerprint density at radius 2 is 2.21 bits per heavy atom. The molecule has 0 saturated heterocycles. The lowest BCUT2D eigenvalue weighted by molar-refractivity contribution is -0.135. The Balaban J connectivity index is 2.03. The van der Waals surface area contributed by atoms with Crippen molar-refractivity contribution < 1.29 is 4.79 Å². The number of pyridine rings is 1. The van der Waals surface area contributed by atoms with Gasteiger partial charge in [-0.2, -0.15) is 0 Å². The molecule has 0 aromatic carbocycles. The van der Waals surface area contributed by atoms with E-state index in [4.69, 9.17) is 5.73 Å². The molecule has 1 fully saturated rings. The van der Waals surface area contributed by atoms with Crippen LogP contribution in [0.25, 0.3) is 0 Å². The summed E-state index contributed by atoms with van der Waals surface area (Å²) in [6.07, 6.45) is 7.93. The first-order chi connectivity index (χ1) is 9.20. The minimum absolute atomic E-state index is 0.0804. The zero-order valence-corrected chi connectivity index (χ0v) is 11.2. The second kappa shape index (κ2) is 6.48. The summed E-state index contributed by atoms with van der Waals surface area (Å²) >= 11 is 0. The molecule has 4 nitrogen and oxygen atoms in total. The van der Waals surface area contributed by atoms with Crippen LogP contribution in [0, 0.1) is 5.92 Å². The maximum absolute atomic E-state index is 12.5. The fraction of sp³-hybridized carbons (Fsp3) is 0.467. The summed E-state index contributed by atoms with van der Waals surface area (Å²) in [6, 6.07) is 4.05. The molecule has 0 spiro atoms. The van der Waals surface area contributed by atoms with Crippen LogP contribution in [-0.2, 0) is 11.3 Å². The second-order valence-electron chi connectivity index (χ2n) is 5.13. The monoisotopic (exact) mass is 259 g/mol. The van der Waals surface area contributed by atoms with Gasteiger partial charge in [-0.05, 0) is 37.0 Å². The van der Waals surface area contributed by atoms with Crippen LogP contribution in [0.3, 0.4) is 0 Å². The fourth-order valence-electron chi connectivity index (χ4n) is 2.60. The smallest absolute Gasteiger partial charge is 0.226 e. The standard InChI is InChI=1S/C15H21N3O/c1-2-9-18(11-12-5-7-17-8-6-12)15(19)13-3-4-14(16)10-13/h2,5-8,13-14H,1,3-4,9-11,16H2. The van der Waals surface area contributed by atoms with E-state index in [0.29, 0.717) is 13.1 Å². The third kappa shape index (κ3) is 3.64. The van der Waals surface area contributed by atoms with E-state index in [9.17, 15) is 4.79 Å². The van der Waals surface area contributed by atoms with E-state index < -0.39 is 0 Å². The van der Waals surface area contributed by atoms with Crippen LogP contribution in [0.1, 0.15) is 24.8 Å². The van der Waals surface area contributed by atoms with Crippen molar-refractivity contribution in [1.82, 2.24) is 9.88 Å². The minimum atomic E-state index is 0.0804. The minimum Gasteiger partial charge on any atom is -0.334 e. The molecule has 1 aliphatic rings. The highest BCUT2D eigenvalue weighted by Crippen LogP contribution is 2.26. The normalized spacial score (nSPS) is 22.2. The van der Waals surface area contributed by atoms with Gasteiger partial charge in [-0.15, -0.1) is 6.58 Å². The Hall–Kier alpha value is -1.68. The van der Waals surface area contributed by atoms with Crippen molar-refractivity contribution in [3.8, 4) is 0 Å². The summed E-state index contributed by atoms with van der Waals surface area (Å²) in [5, 5.41) is 0. The summed E-state index contributed by atoms with van der Waals surface area (Å²) in [7, 11) is 0. The summed E-state index contributed by atoms with van der Waals surface area (Å²) in [6.45, 7) is 4.92. The number of amides is 1. The van der Waals surface area contributed by atoms with Gasteiger partial charge in [-0.3, -0.25) is 9.78 Å². The number of hydrogen-bond acceptors (Lipinski definition) is 3. The van der Waals surface area contributed by atoms with Gasteiger partial charge >= 0.3 is 0 Å². The zero-order chi connectivity index (χ0) is 13.7. The SMILES string of the molecule is C=CCN(Cc1ccncc1)C(=O)C1CCC(N)C1. The van der Waals surface area contributed by atoms with Crippen LogP contribution < -0.4 is 5.73 Å². The third-order valence-electron chi connectivity index (χ3n) is 3.61. The van der Waals surface area contributed by atoms with Gasteiger partial charge < -0.3 is 10.6 Å². The van der Waals surface area contributed by atoms with Gasteiger partial charge in [0.1, 0.15) is 0 Å². The first-order valence-corrected chi connectivity index (χ1v) is 6.75. The average Bonchev–Trinajstić information content (AvgIpc) is 2.85. The third-order valence-corrected chi connectivity index (χ3v) is 3.61. The number of carbonyl (C=O) groups excluding carboxylic acids is 1. The second-order valence-corrected chi connectivity index (χ2v) is 5.13. The van der Waals surface area contributed by atoms with E-state index in [-0.39, 0.29) is 17.9 Å². The number of rotatable bonds is 5. The fourth-order valence-corrected chi connectivity index (χ4v) is 2.60. The van der Waals surface area contributed by atoms with E-state index >= 15 is 0 Å². The van der Waals surface area contributed by atoms with Crippen molar-refractivity contribution in [1.29, 1.82) is 0 Å². The molecule has 1 saturated carbocycles. The highest BCUT2D eigenvalue weighted by molar-refractivity contribution is 5.79. The molecule has 0 radical (unpaired) electrons. The molecule has 4 heteroatoms. The number of nitrogens with zero attached hydrogens (tertiary/aromatic N) is 2. The summed E-state index contributed by atoms with van der Waals surface area (Å²) in [5.74, 6) is 0.279. The van der Waals surface area contributed by atoms with Gasteiger partial charge in [0.15, 0.2) is 0 Å². The molecule has 1 amide bonds. The maximum Gasteiger partial charge on any atom is 0.226 e. The van der Waals surface area contributed by atoms with Crippen LogP contribution in [0.5, 0.6) is 0 Å². The van der Waals surface area contributed by atoms with Crippen molar-refractivity contribution in [3.05, 3.63) is 42.7 Å². The Bertz CT molecular complexity index is 432. The molecule has 1 aliphatic carbocycles. The molecule has 2 atom stereocenters. The summed E-state index contributed by atoms with van der Waals surface area (Å²) < 4.78 is 0. The van der Waals surface area contributed by atoms with Gasteiger partial charge in [0.2, 0.25) is 5.91 Å². The van der Waals surface area contributed by atoms with E-state index in [1.165, 1.54) is 0 Å². The topological polar surface area (TPSA) is 59.2 Å². The number of hydrogen-bond donors (Lipinski definition) is 1. The lowest BCUT2D eigenvalue weighted by atomic mass is 10.1. The molecule has 1 aromatic rings. The predicted molar refractivity (Wildman–Crippen MR) is 75.2 cm³/mol. The molecule has 1 heterocycles. The lowest BCUT2D eigenvalue weighted by Gasteiger charge is -2.24. The first kappa shape index (κ1) is 13.7. The van der Waals surface area contributed by atoms with Gasteiger partial charge in [-0.25, -0.2) is 0 Å². The molecule has 2 rings (SSSR count). The largest absolute Gasteiger partial charge is 0.334 e. The van der Waals surface area contributed by atoms with Crippen molar-refractivity contribution in [2.75, 3.05) is 6.54 Å². The van der Waals surface area contributed by atoms with Crippen LogP contribution in [0.2, 0.25) is 0 Å². The van der Waals surface area contributed by atoms with E-state index in [1.807, 2.05) is 17.0 Å². The van der Waals surface area contributed by atoms with Crippen molar-refractivity contribution in [2.45, 2.75) is 31.8 Å². The van der Waals surface area contributed by atoms with Crippen LogP contribution in [0.4, 0.5) is 0 Å². The average molecular weight is 259 g/mol. The highest BCUT2D eigenvalue weighted by atomic mass is 16.2. The van der Waals surface area contributed by atoms with Crippen LogP contribution in [-0.4, -0.2) is 28.4 Å². The van der Waals surface area contributed by atoms with Crippen LogP contribution >= 0.6 is 0 Å². The molecule has 102 valence electrons. The highest BCUT2D eigenvalue weighted by Gasteiger charge is 2.30. The number of carbonyl (C=O) groups is 1. The Kier molecular flexibility index (Phi) is 4.68. The number of nitrogens with two attached hydrogens (primary N) is 1. The van der Waals surface area contributed by atoms with Gasteiger partial charge in [0, 0.05) is 37.4 Å². The summed E-state index contributed by atoms with van der Waals surface area (Å²) in [5.41, 5.74) is 6.98. The maximum atomic E-state index is 12.5. The molecule has 0 bridgehead atoms. The van der Waals surface area contributed by atoms with Crippen molar-refractivity contribution >= 4 is 5.91 Å². The van der Waals surface area contributed by atoms with Gasteiger partial charge in [-0.1, -0.05) is 6.08 Å². The van der Waals surface area contributed by atoms with E-state index in [1.54, 1.807) is 18.5 Å². The van der Waals surface area contributed by atoms with E-state index in [2.05, 4.69) is 11.6 Å². The van der Waals surface area contributed by atoms with Crippen molar-refractivity contribution in [3.63, 3.8) is 0 Å². The Labute approximate surface area is 114 Å². The first-order valence-electron chi connectivity index (χ1n) is 6.75. The molecule has 0 aliphatic heterocycles. The number of aromatic nitrogens is 1.